The van der Waals surface area contributed by atoms with Crippen LogP contribution in [0.2, 0.25) is 0 Å². The van der Waals surface area contributed by atoms with Gasteiger partial charge in [0.05, 0.1) is 0 Å². The standard InChI is InChI=1S/C23H29NO3/c1-16-9-10-24(15-16)11-12-26-20-6-3-18(4-7-20)23-13-17(2)21-14-19(25)5-8-22(21)27-23/h3-8,14,16-17,23,25H,9-13,15H2,1-2H3/t16?,17?,23-/m1/s1. The number of likely N-dealkylation sites (tertiary alicyclic amines) is 1. The highest BCUT2D eigenvalue weighted by atomic mass is 16.5. The molecular formula is C23H29NO3. The SMILES string of the molecule is CC1CCN(CCOc2ccc([C@H]3CC(C)c4cc(O)ccc4O3)cc2)C1. The first-order chi connectivity index (χ1) is 13.1. The van der Waals surface area contributed by atoms with E-state index in [0.717, 1.165) is 42.6 Å². The van der Waals surface area contributed by atoms with Crippen LogP contribution in [0.3, 0.4) is 0 Å². The highest BCUT2D eigenvalue weighted by molar-refractivity contribution is 5.44. The zero-order chi connectivity index (χ0) is 18.8. The molecule has 2 aliphatic rings. The van der Waals surface area contributed by atoms with E-state index in [0.29, 0.717) is 11.7 Å². The van der Waals surface area contributed by atoms with Crippen molar-refractivity contribution in [1.82, 2.24) is 4.90 Å². The van der Waals surface area contributed by atoms with E-state index >= 15 is 0 Å². The third-order valence-electron chi connectivity index (χ3n) is 5.80. The van der Waals surface area contributed by atoms with Gasteiger partial charge in [-0.1, -0.05) is 26.0 Å². The average Bonchev–Trinajstić information content (AvgIpc) is 3.08. The lowest BCUT2D eigenvalue weighted by molar-refractivity contribution is 0.163. The van der Waals surface area contributed by atoms with Crippen molar-refractivity contribution in [1.29, 1.82) is 0 Å². The van der Waals surface area contributed by atoms with Crippen LogP contribution in [-0.2, 0) is 0 Å². The highest BCUT2D eigenvalue weighted by Gasteiger charge is 2.27. The van der Waals surface area contributed by atoms with Gasteiger partial charge in [0.1, 0.15) is 30.0 Å². The molecule has 4 rings (SSSR count). The zero-order valence-electron chi connectivity index (χ0n) is 16.2. The van der Waals surface area contributed by atoms with Crippen LogP contribution in [0.4, 0.5) is 0 Å². The van der Waals surface area contributed by atoms with Gasteiger partial charge in [0.25, 0.3) is 0 Å². The summed E-state index contributed by atoms with van der Waals surface area (Å²) in [5.41, 5.74) is 2.25. The van der Waals surface area contributed by atoms with Crippen molar-refractivity contribution in [3.05, 3.63) is 53.6 Å². The Bertz CT molecular complexity index is 774. The van der Waals surface area contributed by atoms with Crippen LogP contribution in [0.25, 0.3) is 0 Å². The molecule has 1 saturated heterocycles. The van der Waals surface area contributed by atoms with Crippen LogP contribution in [0.5, 0.6) is 17.2 Å². The van der Waals surface area contributed by atoms with Crippen LogP contribution in [0.15, 0.2) is 42.5 Å². The molecule has 0 saturated carbocycles. The van der Waals surface area contributed by atoms with Crippen molar-refractivity contribution in [3.8, 4) is 17.2 Å². The van der Waals surface area contributed by atoms with Gasteiger partial charge in [-0.05, 0) is 67.1 Å². The van der Waals surface area contributed by atoms with E-state index in [-0.39, 0.29) is 6.10 Å². The summed E-state index contributed by atoms with van der Waals surface area (Å²) in [6, 6.07) is 13.7. The Hall–Kier alpha value is -2.20. The topological polar surface area (TPSA) is 41.9 Å². The largest absolute Gasteiger partial charge is 0.508 e. The fourth-order valence-electron chi connectivity index (χ4n) is 4.18. The third kappa shape index (κ3) is 4.22. The molecule has 0 aliphatic carbocycles. The maximum absolute atomic E-state index is 9.70. The van der Waals surface area contributed by atoms with Crippen molar-refractivity contribution in [2.45, 2.75) is 38.7 Å². The second kappa shape index (κ2) is 7.81. The van der Waals surface area contributed by atoms with Gasteiger partial charge >= 0.3 is 0 Å². The quantitative estimate of drug-likeness (QED) is 0.829. The van der Waals surface area contributed by atoms with E-state index in [1.54, 1.807) is 6.07 Å². The summed E-state index contributed by atoms with van der Waals surface area (Å²) in [5, 5.41) is 9.70. The van der Waals surface area contributed by atoms with Crippen LogP contribution < -0.4 is 9.47 Å². The Morgan fingerprint density at radius 2 is 1.96 bits per heavy atom. The fourth-order valence-corrected chi connectivity index (χ4v) is 4.18. The van der Waals surface area contributed by atoms with E-state index < -0.39 is 0 Å². The van der Waals surface area contributed by atoms with Gasteiger partial charge in [0, 0.05) is 18.7 Å². The van der Waals surface area contributed by atoms with Gasteiger partial charge in [0.15, 0.2) is 0 Å². The molecule has 3 atom stereocenters. The summed E-state index contributed by atoms with van der Waals surface area (Å²) in [6.45, 7) is 8.62. The molecule has 2 aromatic rings. The minimum absolute atomic E-state index is 0.0391. The zero-order valence-corrected chi connectivity index (χ0v) is 16.2. The van der Waals surface area contributed by atoms with Crippen LogP contribution in [0, 0.1) is 5.92 Å². The molecule has 27 heavy (non-hydrogen) atoms. The predicted molar refractivity (Wildman–Crippen MR) is 107 cm³/mol. The average molecular weight is 367 g/mol. The van der Waals surface area contributed by atoms with E-state index in [4.69, 9.17) is 9.47 Å². The number of aromatic hydroxyl groups is 1. The Morgan fingerprint density at radius 3 is 2.70 bits per heavy atom. The van der Waals surface area contributed by atoms with Crippen molar-refractivity contribution >= 4 is 0 Å². The molecule has 0 amide bonds. The number of benzene rings is 2. The summed E-state index contributed by atoms with van der Waals surface area (Å²) < 4.78 is 12.1. The lowest BCUT2D eigenvalue weighted by atomic mass is 9.89. The van der Waals surface area contributed by atoms with E-state index in [2.05, 4.69) is 30.9 Å². The molecule has 2 aliphatic heterocycles. The number of phenols is 1. The van der Waals surface area contributed by atoms with E-state index in [1.807, 2.05) is 24.3 Å². The number of ether oxygens (including phenoxy) is 2. The van der Waals surface area contributed by atoms with E-state index in [1.165, 1.54) is 25.1 Å². The monoisotopic (exact) mass is 367 g/mol. The summed E-state index contributed by atoms with van der Waals surface area (Å²) in [6.07, 6.45) is 2.25. The molecule has 144 valence electrons. The minimum atomic E-state index is 0.0391. The number of hydrogen-bond donors (Lipinski definition) is 1. The molecule has 0 aromatic heterocycles. The predicted octanol–water partition coefficient (Wildman–Crippen LogP) is 4.74. The number of hydrogen-bond acceptors (Lipinski definition) is 4. The molecule has 2 unspecified atom stereocenters. The van der Waals surface area contributed by atoms with Crippen molar-refractivity contribution in [3.63, 3.8) is 0 Å². The van der Waals surface area contributed by atoms with Gasteiger partial charge < -0.3 is 14.6 Å². The van der Waals surface area contributed by atoms with Crippen LogP contribution in [0.1, 0.15) is 49.8 Å². The summed E-state index contributed by atoms with van der Waals surface area (Å²) >= 11 is 0. The van der Waals surface area contributed by atoms with Crippen molar-refractivity contribution in [2.24, 2.45) is 5.92 Å². The maximum atomic E-state index is 9.70. The summed E-state index contributed by atoms with van der Waals surface area (Å²) in [4.78, 5) is 2.48. The van der Waals surface area contributed by atoms with Gasteiger partial charge in [0.2, 0.25) is 0 Å². The number of rotatable bonds is 5. The Balaban J connectivity index is 1.34. The Morgan fingerprint density at radius 1 is 1.15 bits per heavy atom. The molecule has 0 spiro atoms. The Kier molecular flexibility index (Phi) is 5.26. The molecule has 4 heteroatoms. The highest BCUT2D eigenvalue weighted by Crippen LogP contribution is 2.43. The molecule has 2 heterocycles. The lowest BCUT2D eigenvalue weighted by Crippen LogP contribution is -2.25. The van der Waals surface area contributed by atoms with E-state index in [9.17, 15) is 5.11 Å². The first-order valence-corrected chi connectivity index (χ1v) is 10.0. The smallest absolute Gasteiger partial charge is 0.124 e. The Labute approximate surface area is 161 Å². The first-order valence-electron chi connectivity index (χ1n) is 10.0. The van der Waals surface area contributed by atoms with Gasteiger partial charge in [-0.2, -0.15) is 0 Å². The second-order valence-corrected chi connectivity index (χ2v) is 8.08. The molecule has 0 radical (unpaired) electrons. The lowest BCUT2D eigenvalue weighted by Gasteiger charge is -2.31. The van der Waals surface area contributed by atoms with Crippen molar-refractivity contribution < 1.29 is 14.6 Å². The van der Waals surface area contributed by atoms with Gasteiger partial charge in [-0.3, -0.25) is 4.90 Å². The maximum Gasteiger partial charge on any atom is 0.124 e. The summed E-state index contributed by atoms with van der Waals surface area (Å²) in [5.74, 6) is 3.25. The molecule has 1 fully saturated rings. The molecule has 1 N–H and O–H groups in total. The molecule has 4 nitrogen and oxygen atoms in total. The first kappa shape index (κ1) is 18.2. The number of phenolic OH excluding ortho intramolecular Hbond substituents is 1. The number of nitrogens with zero attached hydrogens (tertiary/aromatic N) is 1. The normalized spacial score (nSPS) is 25.0. The second-order valence-electron chi connectivity index (χ2n) is 8.08. The van der Waals surface area contributed by atoms with Gasteiger partial charge in [-0.25, -0.2) is 0 Å². The third-order valence-corrected chi connectivity index (χ3v) is 5.80. The summed E-state index contributed by atoms with van der Waals surface area (Å²) in [7, 11) is 0. The van der Waals surface area contributed by atoms with Gasteiger partial charge in [-0.15, -0.1) is 0 Å². The molecular weight excluding hydrogens is 338 g/mol. The minimum Gasteiger partial charge on any atom is -0.508 e. The van der Waals surface area contributed by atoms with Crippen LogP contribution >= 0.6 is 0 Å². The molecule has 2 aromatic carbocycles. The number of fused-ring (bicyclic) bond motifs is 1. The molecule has 0 bridgehead atoms. The van der Waals surface area contributed by atoms with Crippen LogP contribution in [-0.4, -0.2) is 36.2 Å². The van der Waals surface area contributed by atoms with Crippen molar-refractivity contribution in [2.75, 3.05) is 26.2 Å². The fraction of sp³-hybridized carbons (Fsp3) is 0.478.